The number of carbonyl (C=O) groups is 5. The summed E-state index contributed by atoms with van der Waals surface area (Å²) in [7, 11) is 0. The van der Waals surface area contributed by atoms with Gasteiger partial charge in [0.1, 0.15) is 16.8 Å². The Bertz CT molecular complexity index is 1820. The summed E-state index contributed by atoms with van der Waals surface area (Å²) in [5.41, 5.74) is 1.34. The molecule has 0 atom stereocenters. The smallest absolute Gasteiger partial charge is 0.320 e. The Balaban J connectivity index is 1.47. The third-order valence-corrected chi connectivity index (χ3v) is 9.45. The van der Waals surface area contributed by atoms with Crippen LogP contribution in [0.3, 0.4) is 0 Å². The fraction of sp³-hybridized carbons (Fsp3) is 0.587. The molecule has 2 heterocycles. The van der Waals surface area contributed by atoms with Crippen molar-refractivity contribution in [1.82, 2.24) is 24.9 Å². The van der Waals surface area contributed by atoms with Crippen LogP contribution in [0.15, 0.2) is 48.5 Å². The Morgan fingerprint density at radius 3 is 1.38 bits per heavy atom. The molecule has 2 amide bonds. The molecule has 0 bridgehead atoms. The molecule has 0 spiro atoms. The molecular weight excluding hydrogens is 765 g/mol. The zero-order valence-corrected chi connectivity index (χ0v) is 37.2. The van der Waals surface area contributed by atoms with Gasteiger partial charge in [0.15, 0.2) is 0 Å². The molecule has 0 aliphatic carbocycles. The van der Waals surface area contributed by atoms with Crippen molar-refractivity contribution in [3.8, 4) is 11.8 Å². The standard InChI is InChI=1S/C46H66N6O8/c1-44(2,3)58-41(55)32-49-24-22-48(23-25-50(33-42(56)59-45(4,5)6)27-29-51(28-26-49)34-43(57)60-46(7,8)9)31-39(53)47-21-20-40(54)52-30-37-16-11-10-14-35(37)18-19-36-15-12-13-17-38(36)52/h10-17H,20-34H2,1-9H3,(H,47,53). The van der Waals surface area contributed by atoms with E-state index in [2.05, 4.69) is 17.2 Å². The van der Waals surface area contributed by atoms with Crippen LogP contribution in [0.1, 0.15) is 85.4 Å². The number of para-hydroxylation sites is 1. The maximum Gasteiger partial charge on any atom is 0.320 e. The van der Waals surface area contributed by atoms with Crippen LogP contribution in [0.5, 0.6) is 0 Å². The molecule has 1 saturated heterocycles. The highest BCUT2D eigenvalue weighted by Crippen LogP contribution is 2.26. The summed E-state index contributed by atoms with van der Waals surface area (Å²) in [4.78, 5) is 76.1. The Kier molecular flexibility index (Phi) is 17.3. The molecular formula is C46H66N6O8. The molecule has 60 heavy (non-hydrogen) atoms. The number of anilines is 1. The van der Waals surface area contributed by atoms with E-state index in [1.54, 1.807) is 4.90 Å². The first-order chi connectivity index (χ1) is 28.1. The van der Waals surface area contributed by atoms with E-state index in [1.165, 1.54) is 0 Å². The van der Waals surface area contributed by atoms with Gasteiger partial charge in [-0.3, -0.25) is 43.6 Å². The SMILES string of the molecule is CC(C)(C)OC(=O)CN1CCN(CC(=O)NCCC(=O)N2Cc3ccccc3C#Cc3ccccc32)CCN(CC(=O)OC(C)(C)C)CCN(CC(=O)OC(C)(C)C)CC1. The number of rotatable bonds is 11. The molecule has 2 aliphatic rings. The van der Waals surface area contributed by atoms with Crippen LogP contribution in [0.4, 0.5) is 5.69 Å². The van der Waals surface area contributed by atoms with E-state index in [-0.39, 0.29) is 68.9 Å². The van der Waals surface area contributed by atoms with Crippen LogP contribution in [0, 0.1) is 11.8 Å². The highest BCUT2D eigenvalue weighted by Gasteiger charge is 2.27. The quantitative estimate of drug-likeness (QED) is 0.201. The van der Waals surface area contributed by atoms with Gasteiger partial charge in [-0.05, 0) is 86.1 Å². The van der Waals surface area contributed by atoms with Gasteiger partial charge in [-0.15, -0.1) is 0 Å². The summed E-state index contributed by atoms with van der Waals surface area (Å²) in [5.74, 6) is 4.96. The van der Waals surface area contributed by atoms with Crippen molar-refractivity contribution >= 4 is 35.4 Å². The lowest BCUT2D eigenvalue weighted by atomic mass is 10.0. The summed E-state index contributed by atoms with van der Waals surface area (Å²) in [5, 5.41) is 2.95. The molecule has 0 saturated carbocycles. The van der Waals surface area contributed by atoms with Crippen molar-refractivity contribution in [2.45, 2.75) is 92.1 Å². The minimum absolute atomic E-state index is 0.0279. The molecule has 328 valence electrons. The maximum absolute atomic E-state index is 13.8. The Labute approximate surface area is 356 Å². The fourth-order valence-corrected chi connectivity index (χ4v) is 6.79. The zero-order chi connectivity index (χ0) is 44.1. The summed E-state index contributed by atoms with van der Waals surface area (Å²) in [6, 6.07) is 15.4. The summed E-state index contributed by atoms with van der Waals surface area (Å²) in [6.07, 6.45) is 0.0861. The van der Waals surface area contributed by atoms with Crippen LogP contribution in [-0.4, -0.2) is 151 Å². The van der Waals surface area contributed by atoms with E-state index >= 15 is 0 Å². The molecule has 2 aliphatic heterocycles. The van der Waals surface area contributed by atoms with Gasteiger partial charge in [-0.2, -0.15) is 0 Å². The monoisotopic (exact) mass is 830 g/mol. The van der Waals surface area contributed by atoms with Gasteiger partial charge >= 0.3 is 17.9 Å². The topological polar surface area (TPSA) is 141 Å². The molecule has 4 rings (SSSR count). The number of carbonyl (C=O) groups excluding carboxylic acids is 5. The lowest BCUT2D eigenvalue weighted by Gasteiger charge is -2.34. The van der Waals surface area contributed by atoms with Gasteiger partial charge in [0.25, 0.3) is 0 Å². The van der Waals surface area contributed by atoms with E-state index in [0.29, 0.717) is 58.9 Å². The minimum atomic E-state index is -0.663. The number of hydrogen-bond acceptors (Lipinski definition) is 12. The Hall–Kier alpha value is -4.81. The number of amides is 2. The van der Waals surface area contributed by atoms with Gasteiger partial charge in [0.2, 0.25) is 11.8 Å². The molecule has 14 nitrogen and oxygen atoms in total. The molecule has 0 unspecified atom stereocenters. The van der Waals surface area contributed by atoms with Gasteiger partial charge in [0, 0.05) is 76.5 Å². The molecule has 14 heteroatoms. The second-order valence-electron chi connectivity index (χ2n) is 18.4. The molecule has 0 aromatic heterocycles. The van der Waals surface area contributed by atoms with Gasteiger partial charge in [-0.1, -0.05) is 42.2 Å². The van der Waals surface area contributed by atoms with Crippen molar-refractivity contribution in [3.63, 3.8) is 0 Å². The predicted octanol–water partition coefficient (Wildman–Crippen LogP) is 3.69. The largest absolute Gasteiger partial charge is 0.459 e. The molecule has 2 aromatic carbocycles. The third-order valence-electron chi connectivity index (χ3n) is 9.45. The average molecular weight is 831 g/mol. The molecule has 1 fully saturated rings. The molecule has 2 aromatic rings. The van der Waals surface area contributed by atoms with Crippen LogP contribution >= 0.6 is 0 Å². The van der Waals surface area contributed by atoms with Crippen molar-refractivity contribution < 1.29 is 38.2 Å². The van der Waals surface area contributed by atoms with Gasteiger partial charge < -0.3 is 24.4 Å². The number of esters is 3. The van der Waals surface area contributed by atoms with Crippen molar-refractivity contribution in [1.29, 1.82) is 0 Å². The van der Waals surface area contributed by atoms with E-state index in [1.807, 2.05) is 130 Å². The normalized spacial score (nSPS) is 16.6. The fourth-order valence-electron chi connectivity index (χ4n) is 6.79. The van der Waals surface area contributed by atoms with Crippen LogP contribution < -0.4 is 10.2 Å². The van der Waals surface area contributed by atoms with E-state index < -0.39 is 16.8 Å². The lowest BCUT2D eigenvalue weighted by molar-refractivity contribution is -0.158. The van der Waals surface area contributed by atoms with Crippen molar-refractivity contribution in [3.05, 3.63) is 65.2 Å². The van der Waals surface area contributed by atoms with Gasteiger partial charge in [0.05, 0.1) is 38.4 Å². The number of nitrogens with one attached hydrogen (secondary N) is 1. The number of benzene rings is 2. The van der Waals surface area contributed by atoms with E-state index in [4.69, 9.17) is 14.2 Å². The molecule has 0 radical (unpaired) electrons. The minimum Gasteiger partial charge on any atom is -0.459 e. The number of fused-ring (bicyclic) bond motifs is 2. The second-order valence-corrected chi connectivity index (χ2v) is 18.4. The zero-order valence-electron chi connectivity index (χ0n) is 37.2. The van der Waals surface area contributed by atoms with Crippen molar-refractivity contribution in [2.24, 2.45) is 0 Å². The first-order valence-corrected chi connectivity index (χ1v) is 20.9. The first-order valence-electron chi connectivity index (χ1n) is 20.9. The number of nitrogens with zero attached hydrogens (tertiary/aromatic N) is 5. The second kappa shape index (κ2) is 21.6. The first kappa shape index (κ1) is 47.9. The number of ether oxygens (including phenoxy) is 3. The molecule has 1 N–H and O–H groups in total. The van der Waals surface area contributed by atoms with E-state index in [0.717, 1.165) is 22.4 Å². The predicted molar refractivity (Wildman–Crippen MR) is 231 cm³/mol. The van der Waals surface area contributed by atoms with Gasteiger partial charge in [-0.25, -0.2) is 0 Å². The third kappa shape index (κ3) is 17.4. The summed E-state index contributed by atoms with van der Waals surface area (Å²) in [6.45, 7) is 20.5. The number of hydrogen-bond donors (Lipinski definition) is 1. The average Bonchev–Trinajstić information content (AvgIpc) is 3.11. The maximum atomic E-state index is 13.8. The van der Waals surface area contributed by atoms with Crippen LogP contribution in [0.2, 0.25) is 0 Å². The summed E-state index contributed by atoms with van der Waals surface area (Å²) >= 11 is 0. The van der Waals surface area contributed by atoms with E-state index in [9.17, 15) is 24.0 Å². The van der Waals surface area contributed by atoms with Crippen molar-refractivity contribution in [2.75, 3.05) is 90.0 Å². The summed E-state index contributed by atoms with van der Waals surface area (Å²) < 4.78 is 17.0. The Morgan fingerprint density at radius 1 is 0.550 bits per heavy atom. The lowest BCUT2D eigenvalue weighted by Crippen LogP contribution is -2.50. The Morgan fingerprint density at radius 2 is 0.933 bits per heavy atom. The highest BCUT2D eigenvalue weighted by molar-refractivity contribution is 5.95. The van der Waals surface area contributed by atoms with Crippen LogP contribution in [0.25, 0.3) is 0 Å². The highest BCUT2D eigenvalue weighted by atomic mass is 16.6. The van der Waals surface area contributed by atoms with Crippen LogP contribution in [-0.2, 0) is 44.7 Å².